The molecule has 0 spiro atoms. The zero-order valence-electron chi connectivity index (χ0n) is 12.0. The van der Waals surface area contributed by atoms with Gasteiger partial charge in [0.2, 0.25) is 11.5 Å². The third-order valence-corrected chi connectivity index (χ3v) is 3.47. The Kier molecular flexibility index (Phi) is 3.54. The smallest absolute Gasteiger partial charge is 0.414 e. The van der Waals surface area contributed by atoms with Crippen LogP contribution in [0, 0.1) is 0 Å². The summed E-state index contributed by atoms with van der Waals surface area (Å²) in [4.78, 5) is 38.4. The summed E-state index contributed by atoms with van der Waals surface area (Å²) in [5.74, 6) is -0.163. The quantitative estimate of drug-likeness (QED) is 0.884. The van der Waals surface area contributed by atoms with E-state index in [4.69, 9.17) is 4.74 Å². The lowest BCUT2D eigenvalue weighted by molar-refractivity contribution is -0.119. The minimum Gasteiger partial charge on any atom is -0.442 e. The Morgan fingerprint density at radius 2 is 2.18 bits per heavy atom. The summed E-state index contributed by atoms with van der Waals surface area (Å²) < 4.78 is 5.22. The van der Waals surface area contributed by atoms with Crippen molar-refractivity contribution in [2.45, 2.75) is 13.0 Å². The average molecular weight is 301 g/mol. The van der Waals surface area contributed by atoms with Gasteiger partial charge in [-0.1, -0.05) is 0 Å². The molecule has 0 unspecified atom stereocenters. The number of amides is 2. The maximum absolute atomic E-state index is 12.0. The topological polar surface area (TPSA) is 91.5 Å². The molecule has 1 aromatic heterocycles. The lowest BCUT2D eigenvalue weighted by Crippen LogP contribution is -2.33. The number of nitrogens with one attached hydrogen (secondary N) is 2. The molecule has 0 saturated carbocycles. The molecule has 7 heteroatoms. The molecular formula is C15H15N3O4. The second kappa shape index (κ2) is 5.51. The molecule has 0 radical (unpaired) electrons. The number of benzene rings is 1. The van der Waals surface area contributed by atoms with Crippen LogP contribution in [0.1, 0.15) is 6.92 Å². The van der Waals surface area contributed by atoms with Gasteiger partial charge in [-0.3, -0.25) is 14.5 Å². The first-order valence-corrected chi connectivity index (χ1v) is 6.88. The number of carbonyl (C=O) groups is 2. The maximum Gasteiger partial charge on any atom is 0.414 e. The van der Waals surface area contributed by atoms with E-state index in [9.17, 15) is 14.4 Å². The Balaban J connectivity index is 1.81. The van der Waals surface area contributed by atoms with Gasteiger partial charge in [0.05, 0.1) is 13.1 Å². The number of H-pyrrole nitrogens is 1. The summed E-state index contributed by atoms with van der Waals surface area (Å²) in [5, 5.41) is 3.46. The maximum atomic E-state index is 12.0. The van der Waals surface area contributed by atoms with Crippen molar-refractivity contribution >= 4 is 28.6 Å². The Hall–Kier alpha value is -2.83. The Labute approximate surface area is 125 Å². The van der Waals surface area contributed by atoms with Gasteiger partial charge in [0.15, 0.2) is 0 Å². The van der Waals surface area contributed by atoms with Crippen molar-refractivity contribution in [2.75, 3.05) is 18.0 Å². The molecule has 1 aliphatic heterocycles. The Morgan fingerprint density at radius 1 is 1.36 bits per heavy atom. The first-order valence-electron chi connectivity index (χ1n) is 6.88. The van der Waals surface area contributed by atoms with Crippen molar-refractivity contribution in [1.29, 1.82) is 0 Å². The number of rotatable bonds is 3. The lowest BCUT2D eigenvalue weighted by Gasteiger charge is -2.13. The third-order valence-electron chi connectivity index (χ3n) is 3.47. The van der Waals surface area contributed by atoms with Gasteiger partial charge in [-0.2, -0.15) is 0 Å². The lowest BCUT2D eigenvalue weighted by atomic mass is 10.2. The van der Waals surface area contributed by atoms with Crippen LogP contribution < -0.4 is 15.8 Å². The molecule has 22 heavy (non-hydrogen) atoms. The molecule has 2 amide bonds. The van der Waals surface area contributed by atoms with Crippen molar-refractivity contribution in [1.82, 2.24) is 10.3 Å². The van der Waals surface area contributed by atoms with Gasteiger partial charge in [-0.05, 0) is 24.3 Å². The zero-order chi connectivity index (χ0) is 15.7. The van der Waals surface area contributed by atoms with Crippen molar-refractivity contribution < 1.29 is 14.3 Å². The molecule has 1 atom stereocenters. The summed E-state index contributed by atoms with van der Waals surface area (Å²) >= 11 is 0. The van der Waals surface area contributed by atoms with E-state index in [-0.39, 0.29) is 17.6 Å². The highest BCUT2D eigenvalue weighted by Gasteiger charge is 2.32. The highest BCUT2D eigenvalue weighted by atomic mass is 16.6. The van der Waals surface area contributed by atoms with Gasteiger partial charge in [0.1, 0.15) is 6.10 Å². The molecule has 2 aromatic rings. The minimum atomic E-state index is -0.445. The fourth-order valence-electron chi connectivity index (χ4n) is 2.41. The highest BCUT2D eigenvalue weighted by molar-refractivity contribution is 5.93. The molecule has 1 saturated heterocycles. The number of pyridine rings is 1. The SMILES string of the molecule is CC(=O)NC[C@H]1CN(c2ccc3[nH]c(=O)ccc3c2)C(=O)O1. The molecular weight excluding hydrogens is 286 g/mol. The van der Waals surface area contributed by atoms with Crippen LogP contribution in [0.25, 0.3) is 10.9 Å². The summed E-state index contributed by atoms with van der Waals surface area (Å²) in [6.45, 7) is 2.07. The highest BCUT2D eigenvalue weighted by Crippen LogP contribution is 2.24. The second-order valence-electron chi connectivity index (χ2n) is 5.15. The predicted molar refractivity (Wildman–Crippen MR) is 80.9 cm³/mol. The van der Waals surface area contributed by atoms with Crippen molar-refractivity contribution in [3.05, 3.63) is 40.7 Å². The van der Waals surface area contributed by atoms with Gasteiger partial charge in [-0.25, -0.2) is 4.79 Å². The molecule has 1 aliphatic rings. The van der Waals surface area contributed by atoms with Crippen LogP contribution >= 0.6 is 0 Å². The van der Waals surface area contributed by atoms with Gasteiger partial charge < -0.3 is 15.0 Å². The number of hydrogen-bond acceptors (Lipinski definition) is 4. The Bertz CT molecular complexity index is 799. The summed E-state index contributed by atoms with van der Waals surface area (Å²) in [6.07, 6.45) is -0.818. The Morgan fingerprint density at radius 3 is 2.95 bits per heavy atom. The van der Waals surface area contributed by atoms with E-state index in [1.807, 2.05) is 6.07 Å². The number of aromatic nitrogens is 1. The van der Waals surface area contributed by atoms with Gasteiger partial charge >= 0.3 is 6.09 Å². The molecule has 0 bridgehead atoms. The fourth-order valence-corrected chi connectivity index (χ4v) is 2.41. The molecule has 2 N–H and O–H groups in total. The molecule has 1 fully saturated rings. The number of nitrogens with zero attached hydrogens (tertiary/aromatic N) is 1. The molecule has 7 nitrogen and oxygen atoms in total. The van der Waals surface area contributed by atoms with Crippen LogP contribution in [-0.2, 0) is 9.53 Å². The van der Waals surface area contributed by atoms with E-state index in [2.05, 4.69) is 10.3 Å². The molecule has 0 aliphatic carbocycles. The first kappa shape index (κ1) is 14.1. The predicted octanol–water partition coefficient (Wildman–Crippen LogP) is 0.989. The number of hydrogen-bond donors (Lipinski definition) is 2. The number of fused-ring (bicyclic) bond motifs is 1. The first-order chi connectivity index (χ1) is 10.5. The fraction of sp³-hybridized carbons (Fsp3) is 0.267. The molecule has 3 rings (SSSR count). The van der Waals surface area contributed by atoms with Gasteiger partial charge in [-0.15, -0.1) is 0 Å². The van der Waals surface area contributed by atoms with E-state index in [0.29, 0.717) is 24.3 Å². The van der Waals surface area contributed by atoms with Crippen molar-refractivity contribution in [3.8, 4) is 0 Å². The largest absolute Gasteiger partial charge is 0.442 e. The normalized spacial score (nSPS) is 17.6. The van der Waals surface area contributed by atoms with Crippen molar-refractivity contribution in [3.63, 3.8) is 0 Å². The van der Waals surface area contributed by atoms with Crippen LogP contribution in [0.4, 0.5) is 10.5 Å². The van der Waals surface area contributed by atoms with Crippen LogP contribution in [0.2, 0.25) is 0 Å². The number of carbonyl (C=O) groups excluding carboxylic acids is 2. The van der Waals surface area contributed by atoms with Gasteiger partial charge in [0, 0.05) is 29.6 Å². The second-order valence-corrected chi connectivity index (χ2v) is 5.15. The number of aromatic amines is 1. The molecule has 1 aromatic carbocycles. The van der Waals surface area contributed by atoms with E-state index < -0.39 is 6.09 Å². The average Bonchev–Trinajstić information content (AvgIpc) is 2.85. The van der Waals surface area contributed by atoms with E-state index in [1.165, 1.54) is 17.9 Å². The standard InChI is InChI=1S/C15H15N3O4/c1-9(19)16-7-12-8-18(15(21)22-12)11-3-4-13-10(6-11)2-5-14(20)17-13/h2-6,12H,7-8H2,1H3,(H,16,19)(H,17,20)/t12-/m0/s1. The van der Waals surface area contributed by atoms with Crippen molar-refractivity contribution in [2.24, 2.45) is 0 Å². The molecule has 2 heterocycles. The third kappa shape index (κ3) is 2.78. The molecule has 114 valence electrons. The van der Waals surface area contributed by atoms with E-state index >= 15 is 0 Å². The number of cyclic esters (lactones) is 1. The van der Waals surface area contributed by atoms with Crippen LogP contribution in [0.3, 0.4) is 0 Å². The summed E-state index contributed by atoms with van der Waals surface area (Å²) in [7, 11) is 0. The van der Waals surface area contributed by atoms with E-state index in [0.717, 1.165) is 5.39 Å². The summed E-state index contributed by atoms with van der Waals surface area (Å²) in [5.41, 5.74) is 1.23. The number of ether oxygens (including phenoxy) is 1. The zero-order valence-corrected chi connectivity index (χ0v) is 12.0. The van der Waals surface area contributed by atoms with Crippen LogP contribution in [0.5, 0.6) is 0 Å². The summed E-state index contributed by atoms with van der Waals surface area (Å²) in [6, 6.07) is 8.45. The van der Waals surface area contributed by atoms with E-state index in [1.54, 1.807) is 18.2 Å². The van der Waals surface area contributed by atoms with Crippen LogP contribution in [0.15, 0.2) is 35.1 Å². The minimum absolute atomic E-state index is 0.163. The monoisotopic (exact) mass is 301 g/mol. The van der Waals surface area contributed by atoms with Gasteiger partial charge in [0.25, 0.3) is 0 Å². The van der Waals surface area contributed by atoms with Crippen LogP contribution in [-0.4, -0.2) is 36.2 Å². The number of anilines is 1.